The molecule has 5 unspecified atom stereocenters. The number of hydrogen-bond donors (Lipinski definition) is 1. The van der Waals surface area contributed by atoms with E-state index in [0.29, 0.717) is 5.95 Å². The molecule has 1 aromatic rings. The number of hydrogen-bond acceptors (Lipinski definition) is 7. The van der Waals surface area contributed by atoms with Gasteiger partial charge in [0.15, 0.2) is 0 Å². The van der Waals surface area contributed by atoms with Crippen molar-refractivity contribution >= 4 is 17.6 Å². The first-order valence-corrected chi connectivity index (χ1v) is 17.0. The van der Waals surface area contributed by atoms with Gasteiger partial charge in [-0.05, 0) is 93.0 Å². The van der Waals surface area contributed by atoms with Crippen molar-refractivity contribution < 1.29 is 0 Å². The van der Waals surface area contributed by atoms with Gasteiger partial charge >= 0.3 is 0 Å². The summed E-state index contributed by atoms with van der Waals surface area (Å²) in [4.78, 5) is 25.9. The first-order valence-electron chi connectivity index (χ1n) is 17.0. The maximum absolute atomic E-state index is 12.1. The normalized spacial score (nSPS) is 34.0. The standard InChI is InChI=1S/C35H60N8/c1-30(2,3)21-31(4,5)27-39-28-38-25-23(20-32(6,7)43(35(25,12)13)29(40-27)41-28)37-26-24(36)22-18-16-14-15-17-19-42(33(22,8)9)34(26,10)11/h22-25H,14-21H2,1-13H3,(H,38,39,40,41). The summed E-state index contributed by atoms with van der Waals surface area (Å²) in [5.74, 6) is 2.39. The van der Waals surface area contributed by atoms with Crippen molar-refractivity contribution in [1.82, 2.24) is 25.6 Å². The van der Waals surface area contributed by atoms with E-state index in [1.807, 2.05) is 0 Å². The fraction of sp³-hybridized carbons (Fsp3) is 0.886. The average Bonchev–Trinajstić information content (AvgIpc) is 2.85. The Morgan fingerprint density at radius 1 is 0.884 bits per heavy atom. The molecule has 4 aliphatic rings. The molecule has 6 bridgehead atoms. The molecule has 240 valence electrons. The van der Waals surface area contributed by atoms with Crippen molar-refractivity contribution in [3.05, 3.63) is 5.82 Å². The molecule has 0 amide bonds. The number of rotatable bonds is 3. The average molecular weight is 593 g/mol. The summed E-state index contributed by atoms with van der Waals surface area (Å²) in [6, 6.07) is -0.658. The van der Waals surface area contributed by atoms with Crippen molar-refractivity contribution in [3.8, 4) is 0 Å². The summed E-state index contributed by atoms with van der Waals surface area (Å²) in [5.41, 5.74) is 12.0. The lowest BCUT2D eigenvalue weighted by Crippen LogP contribution is -2.73. The fourth-order valence-electron chi connectivity index (χ4n) is 9.89. The lowest BCUT2D eigenvalue weighted by Gasteiger charge is -2.60. The molecule has 5 rings (SSSR count). The molecule has 3 saturated heterocycles. The Kier molecular flexibility index (Phi) is 7.86. The first kappa shape index (κ1) is 32.6. The van der Waals surface area contributed by atoms with Crippen LogP contribution in [0.3, 0.4) is 0 Å². The molecule has 8 heteroatoms. The SMILES string of the molecule is CC(C)(C)CC(C)(C)c1nc2nc(n1)N1C(C)(C)CC(N=C3C([N])C4CCCCCCN(C3(C)C)C4(C)C)C(N2)C1(C)C. The van der Waals surface area contributed by atoms with Gasteiger partial charge in [-0.15, -0.1) is 5.73 Å². The zero-order valence-electron chi connectivity index (χ0n) is 29.6. The number of nitrogens with one attached hydrogen (secondary N) is 1. The zero-order chi connectivity index (χ0) is 32.0. The second-order valence-corrected chi connectivity index (χ2v) is 18.2. The maximum atomic E-state index is 12.1. The minimum absolute atomic E-state index is 0.0474. The first-order chi connectivity index (χ1) is 19.6. The van der Waals surface area contributed by atoms with Crippen molar-refractivity contribution in [3.63, 3.8) is 0 Å². The Hall–Kier alpha value is -1.80. The summed E-state index contributed by atoms with van der Waals surface area (Å²) in [5, 5.41) is 3.79. The number of anilines is 2. The van der Waals surface area contributed by atoms with Crippen LogP contribution >= 0.6 is 0 Å². The van der Waals surface area contributed by atoms with E-state index in [4.69, 9.17) is 19.9 Å². The molecule has 0 aliphatic carbocycles. The molecule has 4 aliphatic heterocycles. The summed E-state index contributed by atoms with van der Waals surface area (Å²) in [6.07, 6.45) is 7.70. The minimum Gasteiger partial charge on any atom is -0.347 e. The van der Waals surface area contributed by atoms with Crippen LogP contribution in [-0.2, 0) is 5.41 Å². The molecule has 43 heavy (non-hydrogen) atoms. The molecule has 5 heterocycles. The minimum atomic E-state index is -0.557. The van der Waals surface area contributed by atoms with Crippen LogP contribution in [0, 0.1) is 11.3 Å². The molecule has 2 radical (unpaired) electrons. The van der Waals surface area contributed by atoms with Crippen molar-refractivity contribution in [2.45, 2.75) is 181 Å². The van der Waals surface area contributed by atoms with Crippen LogP contribution in [0.4, 0.5) is 11.9 Å². The summed E-state index contributed by atoms with van der Waals surface area (Å²) >= 11 is 0. The highest BCUT2D eigenvalue weighted by molar-refractivity contribution is 5.98. The van der Waals surface area contributed by atoms with E-state index in [0.717, 1.165) is 43.3 Å². The molecule has 1 aromatic heterocycles. The van der Waals surface area contributed by atoms with Gasteiger partial charge in [0.25, 0.3) is 0 Å². The molecular weight excluding hydrogens is 532 g/mol. The van der Waals surface area contributed by atoms with Gasteiger partial charge in [-0.2, -0.15) is 15.0 Å². The van der Waals surface area contributed by atoms with Gasteiger partial charge in [-0.3, -0.25) is 9.89 Å². The van der Waals surface area contributed by atoms with Gasteiger partial charge < -0.3 is 10.2 Å². The highest BCUT2D eigenvalue weighted by atomic mass is 15.4. The van der Waals surface area contributed by atoms with E-state index in [9.17, 15) is 5.73 Å². The zero-order valence-corrected chi connectivity index (χ0v) is 29.6. The molecule has 3 fully saturated rings. The van der Waals surface area contributed by atoms with Crippen molar-refractivity contribution in [2.24, 2.45) is 16.3 Å². The molecule has 0 saturated carbocycles. The lowest BCUT2D eigenvalue weighted by atomic mass is 9.66. The van der Waals surface area contributed by atoms with E-state index in [1.54, 1.807) is 0 Å². The van der Waals surface area contributed by atoms with Crippen LogP contribution in [0.1, 0.15) is 141 Å². The van der Waals surface area contributed by atoms with Gasteiger partial charge in [0, 0.05) is 22.4 Å². The molecule has 0 aromatic carbocycles. The molecule has 1 N–H and O–H groups in total. The van der Waals surface area contributed by atoms with Crippen molar-refractivity contribution in [2.75, 3.05) is 16.8 Å². The van der Waals surface area contributed by atoms with Gasteiger partial charge in [-0.25, -0.2) is 0 Å². The Bertz CT molecular complexity index is 1240. The summed E-state index contributed by atoms with van der Waals surface area (Å²) < 4.78 is 0. The van der Waals surface area contributed by atoms with Gasteiger partial charge in [0.2, 0.25) is 11.9 Å². The number of piperidine rings is 2. The quantitative estimate of drug-likeness (QED) is 0.413. The van der Waals surface area contributed by atoms with Crippen LogP contribution in [0.2, 0.25) is 0 Å². The second kappa shape index (κ2) is 10.4. The Balaban J connectivity index is 1.60. The van der Waals surface area contributed by atoms with Gasteiger partial charge in [0.1, 0.15) is 5.82 Å². The lowest BCUT2D eigenvalue weighted by molar-refractivity contribution is -0.0169. The highest BCUT2D eigenvalue weighted by Crippen LogP contribution is 2.48. The fourth-order valence-corrected chi connectivity index (χ4v) is 9.89. The number of nitrogens with zero attached hydrogens (tertiary/aromatic N) is 7. The molecule has 8 nitrogen and oxygen atoms in total. The molecule has 0 spiro atoms. The Morgan fingerprint density at radius 2 is 1.53 bits per heavy atom. The topological polar surface area (TPSA) is 91.8 Å². The van der Waals surface area contributed by atoms with E-state index in [-0.39, 0.29) is 51.0 Å². The monoisotopic (exact) mass is 592 g/mol. The van der Waals surface area contributed by atoms with Crippen LogP contribution in [-0.4, -0.2) is 72.4 Å². The van der Waals surface area contributed by atoms with Crippen LogP contribution in [0.25, 0.3) is 0 Å². The molecule has 5 atom stereocenters. The molecular formula is C35H60N8. The van der Waals surface area contributed by atoms with E-state index >= 15 is 0 Å². The summed E-state index contributed by atoms with van der Waals surface area (Å²) in [6.45, 7) is 30.8. The van der Waals surface area contributed by atoms with E-state index < -0.39 is 6.04 Å². The van der Waals surface area contributed by atoms with Crippen LogP contribution in [0.5, 0.6) is 0 Å². The van der Waals surface area contributed by atoms with Crippen LogP contribution in [0.15, 0.2) is 4.99 Å². The number of aliphatic imine (C=N–C) groups is 1. The third-order valence-corrected chi connectivity index (χ3v) is 11.2. The van der Waals surface area contributed by atoms with Gasteiger partial charge in [0.05, 0.1) is 34.9 Å². The third kappa shape index (κ3) is 5.62. The third-order valence-electron chi connectivity index (χ3n) is 11.2. The number of fused-ring (bicyclic) bond motifs is 7. The predicted octanol–water partition coefficient (Wildman–Crippen LogP) is 6.85. The van der Waals surface area contributed by atoms with Crippen LogP contribution < -0.4 is 16.0 Å². The van der Waals surface area contributed by atoms with Gasteiger partial charge in [-0.1, -0.05) is 53.9 Å². The largest absolute Gasteiger partial charge is 0.347 e. The van der Waals surface area contributed by atoms with E-state index in [1.165, 1.54) is 25.7 Å². The van der Waals surface area contributed by atoms with Crippen molar-refractivity contribution in [1.29, 1.82) is 0 Å². The number of aromatic nitrogens is 3. The second-order valence-electron chi connectivity index (χ2n) is 18.2. The highest BCUT2D eigenvalue weighted by Gasteiger charge is 2.58. The summed E-state index contributed by atoms with van der Waals surface area (Å²) in [7, 11) is 0. The predicted molar refractivity (Wildman–Crippen MR) is 178 cm³/mol. The smallest absolute Gasteiger partial charge is 0.231 e. The van der Waals surface area contributed by atoms with E-state index in [2.05, 4.69) is 105 Å². The Morgan fingerprint density at radius 3 is 2.19 bits per heavy atom. The Labute approximate surface area is 262 Å². The maximum Gasteiger partial charge on any atom is 0.231 e.